The van der Waals surface area contributed by atoms with Crippen LogP contribution in [0.25, 0.3) is 0 Å². The number of anilines is 1. The fourth-order valence-electron chi connectivity index (χ4n) is 2.75. The summed E-state index contributed by atoms with van der Waals surface area (Å²) in [6.07, 6.45) is 4.83. The highest BCUT2D eigenvalue weighted by molar-refractivity contribution is 5.45. The topological polar surface area (TPSA) is 67.0 Å². The molecular weight excluding hydrogens is 266 g/mol. The Morgan fingerprint density at radius 3 is 3.05 bits per heavy atom. The van der Waals surface area contributed by atoms with Crippen LogP contribution in [0.2, 0.25) is 0 Å². The molecule has 0 saturated carbocycles. The molecule has 0 radical (unpaired) electrons. The highest BCUT2D eigenvalue weighted by atomic mass is 16.5. The van der Waals surface area contributed by atoms with E-state index in [1.54, 1.807) is 12.3 Å². The van der Waals surface area contributed by atoms with E-state index in [4.69, 9.17) is 4.74 Å². The lowest BCUT2D eigenvalue weighted by Crippen LogP contribution is -2.21. The first-order valence-corrected chi connectivity index (χ1v) is 7.34. The van der Waals surface area contributed by atoms with Crippen molar-refractivity contribution in [3.8, 4) is 5.88 Å². The lowest BCUT2D eigenvalue weighted by Gasteiger charge is -2.26. The minimum Gasteiger partial charge on any atom is -0.478 e. The third-order valence-electron chi connectivity index (χ3n) is 3.70. The van der Waals surface area contributed by atoms with Crippen molar-refractivity contribution in [1.82, 2.24) is 9.97 Å². The zero-order chi connectivity index (χ0) is 14.7. The van der Waals surface area contributed by atoms with E-state index in [0.29, 0.717) is 12.5 Å². The quantitative estimate of drug-likeness (QED) is 0.906. The fraction of sp³-hybridized carbons (Fsp3) is 0.375. The minimum absolute atomic E-state index is 0.0304. The van der Waals surface area contributed by atoms with Gasteiger partial charge in [-0.15, -0.1) is 0 Å². The summed E-state index contributed by atoms with van der Waals surface area (Å²) in [6.45, 7) is 2.55. The first kappa shape index (κ1) is 13.7. The molecule has 110 valence electrons. The molecule has 0 amide bonds. The number of aromatic amines is 1. The van der Waals surface area contributed by atoms with Gasteiger partial charge < -0.3 is 15.0 Å². The molecule has 1 aliphatic rings. The number of pyridine rings is 2. The third kappa shape index (κ3) is 3.07. The molecule has 2 aromatic heterocycles. The van der Waals surface area contributed by atoms with Crippen LogP contribution in [0.3, 0.4) is 0 Å². The van der Waals surface area contributed by atoms with Gasteiger partial charge in [0.15, 0.2) is 0 Å². The summed E-state index contributed by atoms with van der Waals surface area (Å²) in [4.78, 5) is 18.6. The Bertz CT molecular complexity index is 664. The molecule has 5 nitrogen and oxygen atoms in total. The second-order valence-electron chi connectivity index (χ2n) is 5.16. The van der Waals surface area contributed by atoms with Gasteiger partial charge in [-0.1, -0.05) is 0 Å². The van der Waals surface area contributed by atoms with Crippen LogP contribution in [0, 0.1) is 0 Å². The predicted molar refractivity (Wildman–Crippen MR) is 81.8 cm³/mol. The summed E-state index contributed by atoms with van der Waals surface area (Å²) < 4.78 is 5.34. The Kier molecular flexibility index (Phi) is 3.90. The van der Waals surface area contributed by atoms with Crippen molar-refractivity contribution in [3.63, 3.8) is 0 Å². The highest BCUT2D eigenvalue weighted by Gasteiger charge is 2.20. The van der Waals surface area contributed by atoms with Crippen LogP contribution in [0.15, 0.2) is 35.3 Å². The maximum absolute atomic E-state index is 11.4. The molecule has 21 heavy (non-hydrogen) atoms. The van der Waals surface area contributed by atoms with Gasteiger partial charge in [-0.05, 0) is 43.9 Å². The summed E-state index contributed by atoms with van der Waals surface area (Å²) >= 11 is 0. The number of H-pyrrole nitrogens is 1. The van der Waals surface area contributed by atoms with Crippen LogP contribution >= 0.6 is 0 Å². The summed E-state index contributed by atoms with van der Waals surface area (Å²) in [5, 5.41) is 3.49. The first-order chi connectivity index (χ1) is 10.3. The zero-order valence-corrected chi connectivity index (χ0v) is 12.1. The molecule has 0 aliphatic heterocycles. The third-order valence-corrected chi connectivity index (χ3v) is 3.70. The number of ether oxygens (including phenoxy) is 1. The monoisotopic (exact) mass is 285 g/mol. The Labute approximate surface area is 123 Å². The van der Waals surface area contributed by atoms with Gasteiger partial charge in [-0.3, -0.25) is 4.79 Å². The van der Waals surface area contributed by atoms with E-state index in [-0.39, 0.29) is 11.6 Å². The first-order valence-electron chi connectivity index (χ1n) is 7.34. The summed E-state index contributed by atoms with van der Waals surface area (Å²) in [7, 11) is 0. The van der Waals surface area contributed by atoms with Crippen molar-refractivity contribution < 1.29 is 4.74 Å². The standard InChI is InChI=1S/C16H19N3O2/c1-2-21-16-9-6-11(10-17-16)18-13-4-3-5-14-12(13)7-8-15(20)19-14/h6-10,13,18H,2-5H2,1H3,(H,19,20). The van der Waals surface area contributed by atoms with E-state index in [1.807, 2.05) is 25.1 Å². The van der Waals surface area contributed by atoms with Crippen LogP contribution < -0.4 is 15.6 Å². The molecule has 1 aliphatic carbocycles. The van der Waals surface area contributed by atoms with E-state index in [2.05, 4.69) is 15.3 Å². The molecule has 0 spiro atoms. The van der Waals surface area contributed by atoms with Crippen molar-refractivity contribution in [2.75, 3.05) is 11.9 Å². The van der Waals surface area contributed by atoms with Crippen LogP contribution in [-0.2, 0) is 6.42 Å². The predicted octanol–water partition coefficient (Wildman–Crippen LogP) is 2.66. The molecule has 0 fully saturated rings. The number of nitrogens with zero attached hydrogens (tertiary/aromatic N) is 1. The number of aromatic nitrogens is 2. The SMILES string of the molecule is CCOc1ccc(NC2CCCc3[nH]c(=O)ccc32)cn1. The number of hydrogen-bond donors (Lipinski definition) is 2. The Balaban J connectivity index is 1.78. The number of rotatable bonds is 4. The summed E-state index contributed by atoms with van der Waals surface area (Å²) in [5.74, 6) is 0.636. The maximum atomic E-state index is 11.4. The molecule has 2 heterocycles. The van der Waals surface area contributed by atoms with Crippen LogP contribution in [-0.4, -0.2) is 16.6 Å². The summed E-state index contributed by atoms with van der Waals surface area (Å²) in [6, 6.07) is 7.56. The second kappa shape index (κ2) is 5.99. The van der Waals surface area contributed by atoms with Crippen molar-refractivity contribution in [2.45, 2.75) is 32.2 Å². The highest BCUT2D eigenvalue weighted by Crippen LogP contribution is 2.30. The Morgan fingerprint density at radius 2 is 2.29 bits per heavy atom. The number of fused-ring (bicyclic) bond motifs is 1. The van der Waals surface area contributed by atoms with Crippen LogP contribution in [0.5, 0.6) is 5.88 Å². The molecule has 3 rings (SSSR count). The van der Waals surface area contributed by atoms with Crippen molar-refractivity contribution in [1.29, 1.82) is 0 Å². The van der Waals surface area contributed by atoms with E-state index < -0.39 is 0 Å². The molecule has 2 aromatic rings. The van der Waals surface area contributed by atoms with Gasteiger partial charge in [-0.25, -0.2) is 4.98 Å². The molecular formula is C16H19N3O2. The zero-order valence-electron chi connectivity index (χ0n) is 12.1. The molecule has 1 unspecified atom stereocenters. The lowest BCUT2D eigenvalue weighted by molar-refractivity contribution is 0.327. The van der Waals surface area contributed by atoms with Crippen molar-refractivity contribution in [3.05, 3.63) is 52.1 Å². The van der Waals surface area contributed by atoms with E-state index >= 15 is 0 Å². The van der Waals surface area contributed by atoms with Crippen LogP contribution in [0.1, 0.15) is 37.1 Å². The van der Waals surface area contributed by atoms with Gasteiger partial charge in [0.2, 0.25) is 11.4 Å². The van der Waals surface area contributed by atoms with Gasteiger partial charge in [0.25, 0.3) is 0 Å². The van der Waals surface area contributed by atoms with Gasteiger partial charge in [-0.2, -0.15) is 0 Å². The summed E-state index contributed by atoms with van der Waals surface area (Å²) in [5.41, 5.74) is 3.15. The fourth-order valence-corrected chi connectivity index (χ4v) is 2.75. The Morgan fingerprint density at radius 1 is 1.38 bits per heavy atom. The largest absolute Gasteiger partial charge is 0.478 e. The van der Waals surface area contributed by atoms with Gasteiger partial charge >= 0.3 is 0 Å². The van der Waals surface area contributed by atoms with Gasteiger partial charge in [0.1, 0.15) is 0 Å². The average molecular weight is 285 g/mol. The van der Waals surface area contributed by atoms with E-state index in [9.17, 15) is 4.79 Å². The Hall–Kier alpha value is -2.30. The molecule has 0 aromatic carbocycles. The molecule has 2 N–H and O–H groups in total. The van der Waals surface area contributed by atoms with Crippen molar-refractivity contribution >= 4 is 5.69 Å². The maximum Gasteiger partial charge on any atom is 0.248 e. The van der Waals surface area contributed by atoms with Gasteiger partial charge in [0, 0.05) is 17.8 Å². The lowest BCUT2D eigenvalue weighted by atomic mass is 9.91. The normalized spacial score (nSPS) is 17.1. The molecule has 0 bridgehead atoms. The molecule has 5 heteroatoms. The average Bonchev–Trinajstić information content (AvgIpc) is 2.49. The van der Waals surface area contributed by atoms with Gasteiger partial charge in [0.05, 0.1) is 24.5 Å². The number of aryl methyl sites for hydroxylation is 1. The molecule has 0 saturated heterocycles. The second-order valence-corrected chi connectivity index (χ2v) is 5.16. The number of hydrogen-bond acceptors (Lipinski definition) is 4. The minimum atomic E-state index is -0.0304. The smallest absolute Gasteiger partial charge is 0.248 e. The van der Waals surface area contributed by atoms with E-state index in [0.717, 1.165) is 30.6 Å². The molecule has 1 atom stereocenters. The van der Waals surface area contributed by atoms with Crippen LogP contribution in [0.4, 0.5) is 5.69 Å². The van der Waals surface area contributed by atoms with Crippen molar-refractivity contribution in [2.24, 2.45) is 0 Å². The number of nitrogens with one attached hydrogen (secondary N) is 2. The van der Waals surface area contributed by atoms with E-state index in [1.165, 1.54) is 5.56 Å².